The molecule has 1 atom stereocenters. The Bertz CT molecular complexity index is 1270. The number of nitrogens with zero attached hydrogens (tertiary/aromatic N) is 4. The number of aromatic nitrogens is 4. The number of rotatable bonds is 9. The van der Waals surface area contributed by atoms with Crippen LogP contribution in [0.15, 0.2) is 54.9 Å². The molecule has 1 unspecified atom stereocenters. The van der Waals surface area contributed by atoms with Crippen molar-refractivity contribution in [1.29, 1.82) is 0 Å². The quantitative estimate of drug-likeness (QED) is 0.272. The monoisotopic (exact) mass is 480 g/mol. The van der Waals surface area contributed by atoms with E-state index < -0.39 is 5.60 Å². The summed E-state index contributed by atoms with van der Waals surface area (Å²) in [6, 6.07) is 15.0. The number of halogens is 1. The Hall–Kier alpha value is -3.36. The van der Waals surface area contributed by atoms with Gasteiger partial charge in [0.2, 0.25) is 5.95 Å². The van der Waals surface area contributed by atoms with E-state index in [4.69, 9.17) is 16.6 Å². The van der Waals surface area contributed by atoms with E-state index in [2.05, 4.69) is 32.7 Å². The van der Waals surface area contributed by atoms with Crippen LogP contribution in [-0.4, -0.2) is 41.4 Å². The molecule has 0 spiro atoms. The van der Waals surface area contributed by atoms with Crippen molar-refractivity contribution in [3.8, 4) is 5.75 Å². The first-order valence-corrected chi connectivity index (χ1v) is 11.6. The number of aliphatic hydroxyl groups is 1. The number of fused-ring (bicyclic) bond motifs is 1. The largest absolute Gasteiger partial charge is 0.506 e. The molecule has 34 heavy (non-hydrogen) atoms. The molecule has 0 saturated carbocycles. The SMILES string of the molecule is CCC(Nc1nc(NCc2cccc(Cl)c2O)c2ncn(Cc3ccccc3)c2n1)C(C)(C)O. The fourth-order valence-corrected chi connectivity index (χ4v) is 4.04. The highest BCUT2D eigenvalue weighted by Crippen LogP contribution is 2.29. The number of aromatic hydroxyl groups is 1. The average molecular weight is 481 g/mol. The van der Waals surface area contributed by atoms with Crippen LogP contribution in [0.5, 0.6) is 5.75 Å². The molecule has 0 aliphatic heterocycles. The zero-order valence-electron chi connectivity index (χ0n) is 19.5. The number of anilines is 2. The van der Waals surface area contributed by atoms with Gasteiger partial charge in [0.05, 0.1) is 29.5 Å². The third kappa shape index (κ3) is 5.24. The second kappa shape index (κ2) is 9.87. The summed E-state index contributed by atoms with van der Waals surface area (Å²) >= 11 is 6.06. The first-order chi connectivity index (χ1) is 16.3. The summed E-state index contributed by atoms with van der Waals surface area (Å²) in [6.07, 6.45) is 2.43. The molecule has 4 rings (SSSR count). The molecule has 0 amide bonds. The molecule has 0 radical (unpaired) electrons. The molecule has 4 N–H and O–H groups in total. The number of para-hydroxylation sites is 1. The van der Waals surface area contributed by atoms with Crippen molar-refractivity contribution < 1.29 is 10.2 Å². The second-order valence-corrected chi connectivity index (χ2v) is 9.19. The van der Waals surface area contributed by atoms with Crippen molar-refractivity contribution >= 4 is 34.5 Å². The van der Waals surface area contributed by atoms with Gasteiger partial charge in [-0.05, 0) is 31.9 Å². The first kappa shape index (κ1) is 23.8. The van der Waals surface area contributed by atoms with Gasteiger partial charge in [-0.2, -0.15) is 9.97 Å². The van der Waals surface area contributed by atoms with Gasteiger partial charge in [0, 0.05) is 12.1 Å². The van der Waals surface area contributed by atoms with E-state index in [0.717, 1.165) is 5.56 Å². The van der Waals surface area contributed by atoms with Crippen LogP contribution in [0.25, 0.3) is 11.2 Å². The number of phenolic OH excluding ortho intramolecular Hbond substituents is 1. The summed E-state index contributed by atoms with van der Waals surface area (Å²) in [5.41, 5.74) is 2.07. The Morgan fingerprint density at radius 3 is 2.56 bits per heavy atom. The van der Waals surface area contributed by atoms with Gasteiger partial charge in [0.1, 0.15) is 5.75 Å². The van der Waals surface area contributed by atoms with Crippen LogP contribution in [0.2, 0.25) is 5.02 Å². The van der Waals surface area contributed by atoms with E-state index in [9.17, 15) is 10.2 Å². The lowest BCUT2D eigenvalue weighted by molar-refractivity contribution is 0.0577. The zero-order valence-corrected chi connectivity index (χ0v) is 20.2. The minimum Gasteiger partial charge on any atom is -0.506 e. The van der Waals surface area contributed by atoms with Crippen LogP contribution in [0.3, 0.4) is 0 Å². The van der Waals surface area contributed by atoms with E-state index in [-0.39, 0.29) is 16.8 Å². The van der Waals surface area contributed by atoms with Crippen LogP contribution in [0, 0.1) is 0 Å². The molecule has 2 aromatic carbocycles. The minimum absolute atomic E-state index is 0.0306. The van der Waals surface area contributed by atoms with Crippen LogP contribution in [0.1, 0.15) is 38.3 Å². The van der Waals surface area contributed by atoms with Crippen molar-refractivity contribution in [3.63, 3.8) is 0 Å². The highest BCUT2D eigenvalue weighted by Gasteiger charge is 2.26. The van der Waals surface area contributed by atoms with Gasteiger partial charge in [0.15, 0.2) is 17.0 Å². The van der Waals surface area contributed by atoms with E-state index in [1.54, 1.807) is 38.4 Å². The maximum atomic E-state index is 10.5. The summed E-state index contributed by atoms with van der Waals surface area (Å²) in [5.74, 6) is 0.932. The number of nitrogens with one attached hydrogen (secondary N) is 2. The van der Waals surface area contributed by atoms with Crippen LogP contribution in [0.4, 0.5) is 11.8 Å². The van der Waals surface area contributed by atoms with Gasteiger partial charge >= 0.3 is 0 Å². The van der Waals surface area contributed by atoms with Crippen LogP contribution in [-0.2, 0) is 13.1 Å². The predicted molar refractivity (Wildman–Crippen MR) is 135 cm³/mol. The van der Waals surface area contributed by atoms with Gasteiger partial charge in [0.25, 0.3) is 0 Å². The summed E-state index contributed by atoms with van der Waals surface area (Å²) in [7, 11) is 0. The van der Waals surface area contributed by atoms with Gasteiger partial charge in [-0.25, -0.2) is 4.98 Å². The second-order valence-electron chi connectivity index (χ2n) is 8.79. The molecule has 0 aliphatic rings. The third-order valence-corrected chi connectivity index (χ3v) is 6.05. The normalized spacial score (nSPS) is 12.6. The number of hydrogen-bond donors (Lipinski definition) is 4. The smallest absolute Gasteiger partial charge is 0.227 e. The maximum absolute atomic E-state index is 10.5. The molecule has 8 nitrogen and oxygen atoms in total. The molecule has 178 valence electrons. The van der Waals surface area contributed by atoms with Crippen LogP contribution < -0.4 is 10.6 Å². The first-order valence-electron chi connectivity index (χ1n) is 11.2. The van der Waals surface area contributed by atoms with Crippen molar-refractivity contribution in [3.05, 3.63) is 71.0 Å². The third-order valence-electron chi connectivity index (χ3n) is 5.74. The minimum atomic E-state index is -0.961. The standard InChI is InChI=1S/C25H29ClN6O2/c1-4-19(25(2,3)34)29-24-30-22(27-13-17-11-8-12-18(26)21(17)33)20-23(31-24)32(15-28-20)14-16-9-6-5-7-10-16/h5-12,15,19,33-34H,4,13-14H2,1-3H3,(H2,27,29,30,31). The molecule has 0 saturated heterocycles. The van der Waals surface area contributed by atoms with E-state index in [1.807, 2.05) is 29.7 Å². The zero-order chi connectivity index (χ0) is 24.3. The summed E-state index contributed by atoms with van der Waals surface area (Å²) in [4.78, 5) is 14.0. The Morgan fingerprint density at radius 2 is 1.85 bits per heavy atom. The van der Waals surface area contributed by atoms with Crippen molar-refractivity contribution in [2.45, 2.75) is 51.9 Å². The van der Waals surface area contributed by atoms with E-state index in [1.165, 1.54) is 0 Å². The molecular formula is C25H29ClN6O2. The summed E-state index contributed by atoms with van der Waals surface area (Å²) in [5, 5.41) is 27.7. The topological polar surface area (TPSA) is 108 Å². The Labute approximate surface area is 203 Å². The molecule has 2 aromatic heterocycles. The highest BCUT2D eigenvalue weighted by molar-refractivity contribution is 6.32. The highest BCUT2D eigenvalue weighted by atomic mass is 35.5. The van der Waals surface area contributed by atoms with E-state index >= 15 is 0 Å². The van der Waals surface area contributed by atoms with Crippen molar-refractivity contribution in [2.75, 3.05) is 10.6 Å². The fraction of sp³-hybridized carbons (Fsp3) is 0.320. The van der Waals surface area contributed by atoms with E-state index in [0.29, 0.717) is 48.0 Å². The van der Waals surface area contributed by atoms with Crippen molar-refractivity contribution in [2.24, 2.45) is 0 Å². The van der Waals surface area contributed by atoms with Crippen molar-refractivity contribution in [1.82, 2.24) is 19.5 Å². The van der Waals surface area contributed by atoms with Crippen LogP contribution >= 0.6 is 11.6 Å². The number of phenols is 1. The molecular weight excluding hydrogens is 452 g/mol. The summed E-state index contributed by atoms with van der Waals surface area (Å²) in [6.45, 7) is 6.41. The molecule has 9 heteroatoms. The molecule has 2 heterocycles. The lowest BCUT2D eigenvalue weighted by Gasteiger charge is -2.29. The van der Waals surface area contributed by atoms with Gasteiger partial charge in [-0.3, -0.25) is 0 Å². The van der Waals surface area contributed by atoms with Gasteiger partial charge < -0.3 is 25.4 Å². The predicted octanol–water partition coefficient (Wildman–Crippen LogP) is 4.81. The lowest BCUT2D eigenvalue weighted by Crippen LogP contribution is -2.41. The Balaban J connectivity index is 1.72. The number of hydrogen-bond acceptors (Lipinski definition) is 7. The number of imidazole rings is 1. The molecule has 0 bridgehead atoms. The number of benzene rings is 2. The molecule has 0 fully saturated rings. The Kier molecular flexibility index (Phi) is 6.90. The summed E-state index contributed by atoms with van der Waals surface area (Å²) < 4.78 is 1.96. The lowest BCUT2D eigenvalue weighted by atomic mass is 9.97. The molecule has 4 aromatic rings. The van der Waals surface area contributed by atoms with Gasteiger partial charge in [-0.1, -0.05) is 61.0 Å². The Morgan fingerprint density at radius 1 is 1.09 bits per heavy atom. The average Bonchev–Trinajstić information content (AvgIpc) is 3.21. The molecule has 0 aliphatic carbocycles. The maximum Gasteiger partial charge on any atom is 0.227 e. The fourth-order valence-electron chi connectivity index (χ4n) is 3.84. The van der Waals surface area contributed by atoms with Gasteiger partial charge in [-0.15, -0.1) is 0 Å².